The molecule has 0 saturated carbocycles. The minimum Gasteiger partial charge on any atom is -0.493 e. The van der Waals surface area contributed by atoms with Crippen LogP contribution in [0.3, 0.4) is 0 Å². The average Bonchev–Trinajstić information content (AvgIpc) is 2.92. The van der Waals surface area contributed by atoms with Crippen molar-refractivity contribution in [1.29, 1.82) is 0 Å². The highest BCUT2D eigenvalue weighted by Crippen LogP contribution is 2.32. The fourth-order valence-electron chi connectivity index (χ4n) is 2.79. The molecule has 1 atom stereocenters. The van der Waals surface area contributed by atoms with E-state index in [1.807, 2.05) is 12.1 Å². The first kappa shape index (κ1) is 14.1. The van der Waals surface area contributed by atoms with Crippen molar-refractivity contribution in [2.75, 3.05) is 20.3 Å². The molecule has 0 fully saturated rings. The molecule has 1 N–H and O–H groups in total. The van der Waals surface area contributed by atoms with Crippen molar-refractivity contribution in [2.45, 2.75) is 19.1 Å². The maximum absolute atomic E-state index is 5.71. The molecule has 1 aliphatic heterocycles. The lowest BCUT2D eigenvalue weighted by molar-refractivity contribution is 0.185. The van der Waals surface area contributed by atoms with Gasteiger partial charge in [0, 0.05) is 31.7 Å². The van der Waals surface area contributed by atoms with Crippen molar-refractivity contribution in [1.82, 2.24) is 5.32 Å². The van der Waals surface area contributed by atoms with E-state index < -0.39 is 0 Å². The molecule has 1 heterocycles. The number of fused-ring (bicyclic) bond motifs is 1. The molecule has 3 heteroatoms. The van der Waals surface area contributed by atoms with Crippen LogP contribution in [-0.2, 0) is 17.9 Å². The first-order valence-electron chi connectivity index (χ1n) is 7.36. The Balaban J connectivity index is 1.54. The van der Waals surface area contributed by atoms with E-state index in [2.05, 4.69) is 41.7 Å². The zero-order valence-electron chi connectivity index (χ0n) is 12.3. The lowest BCUT2D eigenvalue weighted by Crippen LogP contribution is -2.22. The summed E-state index contributed by atoms with van der Waals surface area (Å²) in [5.74, 6) is 1.48. The Bertz CT molecular complexity index is 597. The molecule has 0 aliphatic carbocycles. The number of rotatable bonds is 6. The number of benzene rings is 2. The van der Waals surface area contributed by atoms with Gasteiger partial charge in [-0.3, -0.25) is 0 Å². The third kappa shape index (κ3) is 3.43. The summed E-state index contributed by atoms with van der Waals surface area (Å²) in [5, 5.41) is 3.53. The van der Waals surface area contributed by atoms with E-state index in [9.17, 15) is 0 Å². The monoisotopic (exact) mass is 283 g/mol. The summed E-state index contributed by atoms with van der Waals surface area (Å²) in [6, 6.07) is 16.8. The summed E-state index contributed by atoms with van der Waals surface area (Å²) in [4.78, 5) is 0. The number of ether oxygens (including phenoxy) is 2. The van der Waals surface area contributed by atoms with E-state index in [1.54, 1.807) is 7.11 Å². The molecule has 110 valence electrons. The first-order chi connectivity index (χ1) is 10.4. The van der Waals surface area contributed by atoms with Gasteiger partial charge in [0.1, 0.15) is 5.75 Å². The number of nitrogens with one attached hydrogen (secondary N) is 1. The molecule has 2 aromatic carbocycles. The molecule has 21 heavy (non-hydrogen) atoms. The third-order valence-electron chi connectivity index (χ3n) is 3.82. The molecule has 3 rings (SSSR count). The molecule has 0 spiro atoms. The minimum atomic E-state index is 0.448. The van der Waals surface area contributed by atoms with Crippen LogP contribution < -0.4 is 10.1 Å². The lowest BCUT2D eigenvalue weighted by Gasteiger charge is -2.11. The van der Waals surface area contributed by atoms with Gasteiger partial charge in [-0.15, -0.1) is 0 Å². The normalized spacial score (nSPS) is 16.5. The van der Waals surface area contributed by atoms with Crippen molar-refractivity contribution in [2.24, 2.45) is 0 Å². The maximum Gasteiger partial charge on any atom is 0.122 e. The van der Waals surface area contributed by atoms with Gasteiger partial charge in [0.15, 0.2) is 0 Å². The number of para-hydroxylation sites is 1. The summed E-state index contributed by atoms with van der Waals surface area (Å²) in [6.07, 6.45) is 0. The van der Waals surface area contributed by atoms with Crippen LogP contribution in [-0.4, -0.2) is 20.3 Å². The number of methoxy groups -OCH3 is 1. The quantitative estimate of drug-likeness (QED) is 0.883. The van der Waals surface area contributed by atoms with Crippen molar-refractivity contribution in [3.63, 3.8) is 0 Å². The van der Waals surface area contributed by atoms with Crippen molar-refractivity contribution >= 4 is 0 Å². The molecule has 0 bridgehead atoms. The number of hydrogen-bond acceptors (Lipinski definition) is 3. The van der Waals surface area contributed by atoms with Crippen molar-refractivity contribution < 1.29 is 9.47 Å². The molecule has 1 aliphatic rings. The second-order valence-corrected chi connectivity index (χ2v) is 5.43. The van der Waals surface area contributed by atoms with E-state index in [0.29, 0.717) is 12.5 Å². The van der Waals surface area contributed by atoms with E-state index in [1.165, 1.54) is 16.7 Å². The van der Waals surface area contributed by atoms with E-state index in [4.69, 9.17) is 9.47 Å². The predicted octanol–water partition coefficient (Wildman–Crippen LogP) is 3.10. The highest BCUT2D eigenvalue weighted by Gasteiger charge is 2.22. The minimum absolute atomic E-state index is 0.448. The summed E-state index contributed by atoms with van der Waals surface area (Å²) in [6.45, 7) is 3.25. The summed E-state index contributed by atoms with van der Waals surface area (Å²) >= 11 is 0. The second-order valence-electron chi connectivity index (χ2n) is 5.43. The maximum atomic E-state index is 5.71. The van der Waals surface area contributed by atoms with Crippen LogP contribution >= 0.6 is 0 Å². The highest BCUT2D eigenvalue weighted by atomic mass is 16.5. The third-order valence-corrected chi connectivity index (χ3v) is 3.82. The van der Waals surface area contributed by atoms with Gasteiger partial charge in [0.05, 0.1) is 13.2 Å². The fourth-order valence-corrected chi connectivity index (χ4v) is 2.79. The molecule has 1 unspecified atom stereocenters. The Labute approximate surface area is 125 Å². The Morgan fingerprint density at radius 3 is 2.90 bits per heavy atom. The van der Waals surface area contributed by atoms with Gasteiger partial charge in [0.2, 0.25) is 0 Å². The van der Waals surface area contributed by atoms with Crippen LogP contribution in [0, 0.1) is 0 Å². The molecule has 3 nitrogen and oxygen atoms in total. The molecule has 0 amide bonds. The van der Waals surface area contributed by atoms with Crippen LogP contribution in [0.2, 0.25) is 0 Å². The van der Waals surface area contributed by atoms with Crippen molar-refractivity contribution in [3.05, 3.63) is 65.2 Å². The Hall–Kier alpha value is -1.84. The van der Waals surface area contributed by atoms with Gasteiger partial charge in [0.25, 0.3) is 0 Å². The smallest absolute Gasteiger partial charge is 0.122 e. The van der Waals surface area contributed by atoms with E-state index in [-0.39, 0.29) is 0 Å². The van der Waals surface area contributed by atoms with Gasteiger partial charge in [-0.05, 0) is 17.2 Å². The predicted molar refractivity (Wildman–Crippen MR) is 83.5 cm³/mol. The highest BCUT2D eigenvalue weighted by molar-refractivity contribution is 5.39. The summed E-state index contributed by atoms with van der Waals surface area (Å²) < 4.78 is 10.9. The van der Waals surface area contributed by atoms with Crippen LogP contribution in [0.25, 0.3) is 0 Å². The van der Waals surface area contributed by atoms with Crippen LogP contribution in [0.15, 0.2) is 48.5 Å². The molecule has 2 aromatic rings. The molecule has 0 saturated heterocycles. The van der Waals surface area contributed by atoms with Gasteiger partial charge < -0.3 is 14.8 Å². The van der Waals surface area contributed by atoms with Gasteiger partial charge in [-0.2, -0.15) is 0 Å². The summed E-state index contributed by atoms with van der Waals surface area (Å²) in [7, 11) is 1.72. The SMILES string of the molecule is COCc1cccc(CNCC2COc3ccccc32)c1. The summed E-state index contributed by atoms with van der Waals surface area (Å²) in [5.41, 5.74) is 3.82. The lowest BCUT2D eigenvalue weighted by atomic mass is 10.0. The molecular weight excluding hydrogens is 262 g/mol. The van der Waals surface area contributed by atoms with Crippen LogP contribution in [0.5, 0.6) is 5.75 Å². The van der Waals surface area contributed by atoms with Gasteiger partial charge >= 0.3 is 0 Å². The standard InChI is InChI=1S/C18H21NO2/c1-20-12-15-6-4-5-14(9-15)10-19-11-16-13-21-18-8-3-2-7-17(16)18/h2-9,16,19H,10-13H2,1H3. The average molecular weight is 283 g/mol. The first-order valence-corrected chi connectivity index (χ1v) is 7.36. The Kier molecular flexibility index (Phi) is 4.53. The molecule has 0 aromatic heterocycles. The van der Waals surface area contributed by atoms with E-state index in [0.717, 1.165) is 25.4 Å². The fraction of sp³-hybridized carbons (Fsp3) is 0.333. The molecule has 0 radical (unpaired) electrons. The van der Waals surface area contributed by atoms with Crippen LogP contribution in [0.4, 0.5) is 0 Å². The van der Waals surface area contributed by atoms with E-state index >= 15 is 0 Å². The van der Waals surface area contributed by atoms with Crippen molar-refractivity contribution in [3.8, 4) is 5.75 Å². The number of hydrogen-bond donors (Lipinski definition) is 1. The Morgan fingerprint density at radius 2 is 2.00 bits per heavy atom. The van der Waals surface area contributed by atoms with Crippen LogP contribution in [0.1, 0.15) is 22.6 Å². The zero-order valence-corrected chi connectivity index (χ0v) is 12.3. The second kappa shape index (κ2) is 6.74. The zero-order chi connectivity index (χ0) is 14.5. The largest absolute Gasteiger partial charge is 0.493 e. The topological polar surface area (TPSA) is 30.5 Å². The molecular formula is C18H21NO2. The van der Waals surface area contributed by atoms with Gasteiger partial charge in [-0.1, -0.05) is 42.5 Å². The van der Waals surface area contributed by atoms with Gasteiger partial charge in [-0.25, -0.2) is 0 Å². The Morgan fingerprint density at radius 1 is 1.14 bits per heavy atom.